The van der Waals surface area contributed by atoms with E-state index in [9.17, 15) is 0 Å². The van der Waals surface area contributed by atoms with E-state index in [2.05, 4.69) is 5.32 Å². The Balaban J connectivity index is 2.32. The van der Waals surface area contributed by atoms with Crippen molar-refractivity contribution in [2.45, 2.75) is 12.6 Å². The first-order valence-electron chi connectivity index (χ1n) is 4.74. The maximum Gasteiger partial charge on any atom is 0.0638 e. The van der Waals surface area contributed by atoms with Crippen molar-refractivity contribution in [3.63, 3.8) is 0 Å². The van der Waals surface area contributed by atoms with Gasteiger partial charge in [-0.25, -0.2) is 0 Å². The molecule has 0 aliphatic heterocycles. The first kappa shape index (κ1) is 11.2. The van der Waals surface area contributed by atoms with Gasteiger partial charge in [0.05, 0.1) is 19.3 Å². The zero-order chi connectivity index (χ0) is 10.2. The average Bonchev–Trinajstić information content (AvgIpc) is 2.25. The lowest BCUT2D eigenvalue weighted by Crippen LogP contribution is -2.35. The van der Waals surface area contributed by atoms with Crippen LogP contribution in [0.3, 0.4) is 0 Å². The lowest BCUT2D eigenvalue weighted by Gasteiger charge is -2.14. The highest BCUT2D eigenvalue weighted by molar-refractivity contribution is 5.14. The summed E-state index contributed by atoms with van der Waals surface area (Å²) in [5.41, 5.74) is 1.21. The number of benzene rings is 1. The summed E-state index contributed by atoms with van der Waals surface area (Å²) in [5.74, 6) is 0. The van der Waals surface area contributed by atoms with Crippen LogP contribution in [0.1, 0.15) is 5.56 Å². The maximum absolute atomic E-state index is 8.99. The second-order valence-electron chi connectivity index (χ2n) is 3.20. The third kappa shape index (κ3) is 3.87. The van der Waals surface area contributed by atoms with Gasteiger partial charge in [-0.15, -0.1) is 0 Å². The Bertz CT molecular complexity index is 238. The molecule has 2 N–H and O–H groups in total. The van der Waals surface area contributed by atoms with E-state index in [1.54, 1.807) is 7.11 Å². The van der Waals surface area contributed by atoms with Crippen LogP contribution in [0, 0.1) is 0 Å². The van der Waals surface area contributed by atoms with Crippen molar-refractivity contribution >= 4 is 0 Å². The summed E-state index contributed by atoms with van der Waals surface area (Å²) in [7, 11) is 1.63. The molecule has 0 aliphatic carbocycles. The van der Waals surface area contributed by atoms with E-state index >= 15 is 0 Å². The van der Waals surface area contributed by atoms with Crippen molar-refractivity contribution in [1.29, 1.82) is 0 Å². The molecule has 78 valence electrons. The third-order valence-corrected chi connectivity index (χ3v) is 2.03. The number of aliphatic hydroxyl groups is 1. The van der Waals surface area contributed by atoms with Crippen LogP contribution in [0.15, 0.2) is 30.3 Å². The lowest BCUT2D eigenvalue weighted by atomic mass is 10.2. The molecule has 0 amide bonds. The van der Waals surface area contributed by atoms with Gasteiger partial charge < -0.3 is 15.2 Å². The smallest absolute Gasteiger partial charge is 0.0638 e. The normalized spacial score (nSPS) is 12.7. The first-order chi connectivity index (χ1) is 6.86. The summed E-state index contributed by atoms with van der Waals surface area (Å²) in [5, 5.41) is 12.2. The summed E-state index contributed by atoms with van der Waals surface area (Å²) in [6, 6.07) is 10.1. The molecule has 14 heavy (non-hydrogen) atoms. The predicted molar refractivity (Wildman–Crippen MR) is 56.0 cm³/mol. The van der Waals surface area contributed by atoms with Gasteiger partial charge >= 0.3 is 0 Å². The Labute approximate surface area is 84.7 Å². The summed E-state index contributed by atoms with van der Waals surface area (Å²) in [4.78, 5) is 0. The highest BCUT2D eigenvalue weighted by Crippen LogP contribution is 1.98. The third-order valence-electron chi connectivity index (χ3n) is 2.03. The zero-order valence-electron chi connectivity index (χ0n) is 8.44. The number of hydrogen-bond acceptors (Lipinski definition) is 3. The molecule has 0 heterocycles. The second kappa shape index (κ2) is 6.54. The molecule has 0 bridgehead atoms. The molecule has 3 heteroatoms. The lowest BCUT2D eigenvalue weighted by molar-refractivity contribution is 0.128. The number of ether oxygens (including phenoxy) is 1. The summed E-state index contributed by atoms with van der Waals surface area (Å²) in [6.07, 6.45) is 0. The van der Waals surface area contributed by atoms with E-state index in [1.165, 1.54) is 5.56 Å². The molecule has 1 rings (SSSR count). The van der Waals surface area contributed by atoms with E-state index in [0.29, 0.717) is 6.61 Å². The Kier molecular flexibility index (Phi) is 5.22. The molecule has 0 saturated carbocycles. The fourth-order valence-corrected chi connectivity index (χ4v) is 1.24. The minimum Gasteiger partial charge on any atom is -0.395 e. The van der Waals surface area contributed by atoms with E-state index in [-0.39, 0.29) is 12.6 Å². The fraction of sp³-hybridized carbons (Fsp3) is 0.455. The second-order valence-corrected chi connectivity index (χ2v) is 3.20. The standard InChI is InChI=1S/C11H17NO2/c1-14-9-11(8-13)12-7-10-5-3-2-4-6-10/h2-6,11-13H,7-9H2,1H3/t11-/m1/s1. The van der Waals surface area contributed by atoms with E-state index < -0.39 is 0 Å². The molecule has 0 saturated heterocycles. The number of aliphatic hydroxyl groups excluding tert-OH is 1. The molecule has 3 nitrogen and oxygen atoms in total. The zero-order valence-corrected chi connectivity index (χ0v) is 8.44. The van der Waals surface area contributed by atoms with Crippen molar-refractivity contribution in [1.82, 2.24) is 5.32 Å². The molecule has 0 radical (unpaired) electrons. The van der Waals surface area contributed by atoms with Gasteiger partial charge in [0, 0.05) is 13.7 Å². The van der Waals surface area contributed by atoms with Crippen LogP contribution in [0.25, 0.3) is 0 Å². The molecule has 0 fully saturated rings. The molecule has 0 aliphatic rings. The maximum atomic E-state index is 8.99. The van der Waals surface area contributed by atoms with Gasteiger partial charge in [0.15, 0.2) is 0 Å². The molecule has 0 aromatic heterocycles. The molecular formula is C11H17NO2. The fourth-order valence-electron chi connectivity index (χ4n) is 1.24. The molecular weight excluding hydrogens is 178 g/mol. The minimum absolute atomic E-state index is 0.0141. The Morgan fingerprint density at radius 1 is 1.36 bits per heavy atom. The summed E-state index contributed by atoms with van der Waals surface area (Å²) in [6.45, 7) is 1.39. The largest absolute Gasteiger partial charge is 0.395 e. The first-order valence-corrected chi connectivity index (χ1v) is 4.74. The molecule has 1 atom stereocenters. The van der Waals surface area contributed by atoms with E-state index in [1.807, 2.05) is 30.3 Å². The van der Waals surface area contributed by atoms with Crippen LogP contribution >= 0.6 is 0 Å². The SMILES string of the molecule is COC[C@@H](CO)NCc1ccccc1. The highest BCUT2D eigenvalue weighted by Gasteiger charge is 2.04. The highest BCUT2D eigenvalue weighted by atomic mass is 16.5. The summed E-state index contributed by atoms with van der Waals surface area (Å²) >= 11 is 0. The quantitative estimate of drug-likeness (QED) is 0.705. The van der Waals surface area contributed by atoms with Crippen LogP contribution in [-0.4, -0.2) is 31.5 Å². The van der Waals surface area contributed by atoms with Gasteiger partial charge in [0.25, 0.3) is 0 Å². The number of hydrogen-bond donors (Lipinski definition) is 2. The van der Waals surface area contributed by atoms with Crippen LogP contribution in [0.2, 0.25) is 0 Å². The van der Waals surface area contributed by atoms with Crippen molar-refractivity contribution in [2.24, 2.45) is 0 Å². The Morgan fingerprint density at radius 3 is 2.64 bits per heavy atom. The van der Waals surface area contributed by atoms with Crippen LogP contribution in [0.5, 0.6) is 0 Å². The van der Waals surface area contributed by atoms with E-state index in [0.717, 1.165) is 6.54 Å². The molecule has 0 spiro atoms. The Morgan fingerprint density at radius 2 is 2.07 bits per heavy atom. The van der Waals surface area contributed by atoms with Crippen molar-refractivity contribution in [3.8, 4) is 0 Å². The van der Waals surface area contributed by atoms with Crippen LogP contribution in [-0.2, 0) is 11.3 Å². The summed E-state index contributed by atoms with van der Waals surface area (Å²) < 4.78 is 4.96. The average molecular weight is 195 g/mol. The number of nitrogens with one attached hydrogen (secondary N) is 1. The van der Waals surface area contributed by atoms with Crippen molar-refractivity contribution < 1.29 is 9.84 Å². The molecule has 1 aromatic carbocycles. The van der Waals surface area contributed by atoms with Crippen LogP contribution in [0.4, 0.5) is 0 Å². The monoisotopic (exact) mass is 195 g/mol. The van der Waals surface area contributed by atoms with Gasteiger partial charge in [-0.1, -0.05) is 30.3 Å². The van der Waals surface area contributed by atoms with Crippen molar-refractivity contribution in [2.75, 3.05) is 20.3 Å². The number of methoxy groups -OCH3 is 1. The van der Waals surface area contributed by atoms with Crippen molar-refractivity contribution in [3.05, 3.63) is 35.9 Å². The topological polar surface area (TPSA) is 41.5 Å². The predicted octanol–water partition coefficient (Wildman–Crippen LogP) is 0.783. The van der Waals surface area contributed by atoms with Gasteiger partial charge in [-0.2, -0.15) is 0 Å². The Hall–Kier alpha value is -0.900. The minimum atomic E-state index is 0.0141. The van der Waals surface area contributed by atoms with Gasteiger partial charge in [0.1, 0.15) is 0 Å². The number of rotatable bonds is 6. The van der Waals surface area contributed by atoms with Crippen LogP contribution < -0.4 is 5.32 Å². The molecule has 0 unspecified atom stereocenters. The molecule has 1 aromatic rings. The van der Waals surface area contributed by atoms with Gasteiger partial charge in [-0.3, -0.25) is 0 Å². The van der Waals surface area contributed by atoms with Gasteiger partial charge in [0.2, 0.25) is 0 Å². The van der Waals surface area contributed by atoms with E-state index in [4.69, 9.17) is 9.84 Å². The van der Waals surface area contributed by atoms with Gasteiger partial charge in [-0.05, 0) is 5.56 Å².